The molecule has 1 aliphatic rings. The van der Waals surface area contributed by atoms with Gasteiger partial charge in [-0.1, -0.05) is 12.1 Å². The van der Waals surface area contributed by atoms with E-state index in [1.807, 2.05) is 18.2 Å². The number of hydrogen-bond acceptors (Lipinski definition) is 4. The third-order valence-corrected chi connectivity index (χ3v) is 4.28. The SMILES string of the molecule is Nc1cccc(-c2csc(C3CCOCC3)n2)c1. The summed E-state index contributed by atoms with van der Waals surface area (Å²) in [5, 5.41) is 3.36. The van der Waals surface area contributed by atoms with Crippen LogP contribution in [0.3, 0.4) is 0 Å². The van der Waals surface area contributed by atoms with E-state index in [4.69, 9.17) is 15.5 Å². The minimum atomic E-state index is 0.568. The second-order valence-corrected chi connectivity index (χ2v) is 5.47. The molecule has 94 valence electrons. The van der Waals surface area contributed by atoms with E-state index in [0.717, 1.165) is 43.0 Å². The van der Waals surface area contributed by atoms with Crippen LogP contribution in [-0.4, -0.2) is 18.2 Å². The number of anilines is 1. The van der Waals surface area contributed by atoms with E-state index in [0.29, 0.717) is 5.92 Å². The van der Waals surface area contributed by atoms with Gasteiger partial charge in [0.25, 0.3) is 0 Å². The largest absolute Gasteiger partial charge is 0.399 e. The molecule has 2 aromatic rings. The Labute approximate surface area is 111 Å². The maximum absolute atomic E-state index is 5.80. The molecule has 0 spiro atoms. The van der Waals surface area contributed by atoms with E-state index in [1.165, 1.54) is 5.01 Å². The smallest absolute Gasteiger partial charge is 0.0965 e. The van der Waals surface area contributed by atoms with Crippen LogP contribution in [0.4, 0.5) is 5.69 Å². The molecule has 1 fully saturated rings. The van der Waals surface area contributed by atoms with Gasteiger partial charge in [-0.2, -0.15) is 0 Å². The lowest BCUT2D eigenvalue weighted by Gasteiger charge is -2.19. The van der Waals surface area contributed by atoms with Gasteiger partial charge in [-0.15, -0.1) is 11.3 Å². The monoisotopic (exact) mass is 260 g/mol. The van der Waals surface area contributed by atoms with Crippen LogP contribution in [0, 0.1) is 0 Å². The van der Waals surface area contributed by atoms with Gasteiger partial charge < -0.3 is 10.5 Å². The standard InChI is InChI=1S/C14H16N2OS/c15-12-3-1-2-11(8-12)13-9-18-14(16-13)10-4-6-17-7-5-10/h1-3,8-10H,4-7,15H2. The molecule has 0 bridgehead atoms. The summed E-state index contributed by atoms with van der Waals surface area (Å²) >= 11 is 1.75. The minimum Gasteiger partial charge on any atom is -0.399 e. The van der Waals surface area contributed by atoms with Gasteiger partial charge in [-0.3, -0.25) is 0 Å². The van der Waals surface area contributed by atoms with Crippen LogP contribution < -0.4 is 5.73 Å². The second-order valence-electron chi connectivity index (χ2n) is 4.58. The van der Waals surface area contributed by atoms with Crippen molar-refractivity contribution in [2.24, 2.45) is 0 Å². The summed E-state index contributed by atoms with van der Waals surface area (Å²) in [6.45, 7) is 1.72. The first-order valence-corrected chi connectivity index (χ1v) is 7.10. The zero-order chi connectivity index (χ0) is 12.4. The van der Waals surface area contributed by atoms with E-state index in [-0.39, 0.29) is 0 Å². The van der Waals surface area contributed by atoms with Crippen molar-refractivity contribution in [3.05, 3.63) is 34.7 Å². The van der Waals surface area contributed by atoms with Gasteiger partial charge in [-0.25, -0.2) is 4.98 Å². The molecule has 1 aliphatic heterocycles. The number of nitrogens with zero attached hydrogens (tertiary/aromatic N) is 1. The van der Waals surface area contributed by atoms with Crippen molar-refractivity contribution >= 4 is 17.0 Å². The maximum Gasteiger partial charge on any atom is 0.0965 e. The van der Waals surface area contributed by atoms with Gasteiger partial charge in [0.1, 0.15) is 0 Å². The summed E-state index contributed by atoms with van der Waals surface area (Å²) in [6, 6.07) is 7.90. The Balaban J connectivity index is 1.84. The molecule has 18 heavy (non-hydrogen) atoms. The third kappa shape index (κ3) is 2.40. The van der Waals surface area contributed by atoms with Crippen LogP contribution in [0.15, 0.2) is 29.6 Å². The van der Waals surface area contributed by atoms with Crippen LogP contribution in [-0.2, 0) is 4.74 Å². The van der Waals surface area contributed by atoms with Gasteiger partial charge in [0, 0.05) is 35.8 Å². The van der Waals surface area contributed by atoms with Crippen LogP contribution in [0.2, 0.25) is 0 Å². The van der Waals surface area contributed by atoms with Crippen molar-refractivity contribution in [1.29, 1.82) is 0 Å². The molecular formula is C14H16N2OS. The molecular weight excluding hydrogens is 244 g/mol. The number of thiazole rings is 1. The lowest BCUT2D eigenvalue weighted by Crippen LogP contribution is -2.13. The van der Waals surface area contributed by atoms with Crippen molar-refractivity contribution < 1.29 is 4.74 Å². The fraction of sp³-hybridized carbons (Fsp3) is 0.357. The molecule has 1 saturated heterocycles. The molecule has 2 heterocycles. The second kappa shape index (κ2) is 5.08. The molecule has 2 N–H and O–H groups in total. The highest BCUT2D eigenvalue weighted by atomic mass is 32.1. The number of rotatable bonds is 2. The highest BCUT2D eigenvalue weighted by Crippen LogP contribution is 2.32. The first-order valence-electron chi connectivity index (χ1n) is 6.22. The fourth-order valence-corrected chi connectivity index (χ4v) is 3.25. The van der Waals surface area contributed by atoms with E-state index < -0.39 is 0 Å². The molecule has 1 aromatic carbocycles. The summed E-state index contributed by atoms with van der Waals surface area (Å²) < 4.78 is 5.39. The molecule has 0 radical (unpaired) electrons. The Morgan fingerprint density at radius 1 is 1.28 bits per heavy atom. The number of ether oxygens (including phenoxy) is 1. The summed E-state index contributed by atoms with van der Waals surface area (Å²) in [5.41, 5.74) is 8.73. The van der Waals surface area contributed by atoms with Crippen LogP contribution in [0.1, 0.15) is 23.8 Å². The van der Waals surface area contributed by atoms with Gasteiger partial charge in [0.2, 0.25) is 0 Å². The van der Waals surface area contributed by atoms with Gasteiger partial charge in [-0.05, 0) is 25.0 Å². The normalized spacial score (nSPS) is 16.9. The van der Waals surface area contributed by atoms with Crippen molar-refractivity contribution in [2.45, 2.75) is 18.8 Å². The first-order chi connectivity index (χ1) is 8.83. The molecule has 0 atom stereocenters. The van der Waals surface area contributed by atoms with E-state index in [1.54, 1.807) is 11.3 Å². The highest BCUT2D eigenvalue weighted by molar-refractivity contribution is 7.10. The quantitative estimate of drug-likeness (QED) is 0.843. The highest BCUT2D eigenvalue weighted by Gasteiger charge is 2.19. The molecule has 0 aliphatic carbocycles. The molecule has 0 amide bonds. The van der Waals surface area contributed by atoms with Gasteiger partial charge in [0.05, 0.1) is 10.7 Å². The molecule has 4 heteroatoms. The predicted octanol–water partition coefficient (Wildman–Crippen LogP) is 3.29. The first kappa shape index (κ1) is 11.7. The molecule has 3 nitrogen and oxygen atoms in total. The fourth-order valence-electron chi connectivity index (χ4n) is 2.25. The van der Waals surface area contributed by atoms with E-state index >= 15 is 0 Å². The topological polar surface area (TPSA) is 48.1 Å². The maximum atomic E-state index is 5.80. The lowest BCUT2D eigenvalue weighted by atomic mass is 10.0. The Hall–Kier alpha value is -1.39. The van der Waals surface area contributed by atoms with Gasteiger partial charge >= 0.3 is 0 Å². The average Bonchev–Trinajstić information content (AvgIpc) is 2.89. The van der Waals surface area contributed by atoms with Crippen LogP contribution >= 0.6 is 11.3 Å². The van der Waals surface area contributed by atoms with Crippen molar-refractivity contribution in [3.63, 3.8) is 0 Å². The average molecular weight is 260 g/mol. The van der Waals surface area contributed by atoms with Crippen molar-refractivity contribution in [1.82, 2.24) is 4.98 Å². The number of hydrogen-bond donors (Lipinski definition) is 1. The van der Waals surface area contributed by atoms with E-state index in [9.17, 15) is 0 Å². The summed E-state index contributed by atoms with van der Waals surface area (Å²) in [7, 11) is 0. The molecule has 1 aromatic heterocycles. The Kier molecular flexibility index (Phi) is 3.30. The number of nitrogens with two attached hydrogens (primary N) is 1. The lowest BCUT2D eigenvalue weighted by molar-refractivity contribution is 0.0853. The summed E-state index contributed by atoms with van der Waals surface area (Å²) in [4.78, 5) is 4.75. The van der Waals surface area contributed by atoms with E-state index in [2.05, 4.69) is 11.4 Å². The molecule has 0 unspecified atom stereocenters. The molecule has 0 saturated carbocycles. The predicted molar refractivity (Wildman–Crippen MR) is 74.8 cm³/mol. The van der Waals surface area contributed by atoms with Crippen molar-refractivity contribution in [2.75, 3.05) is 18.9 Å². The number of benzene rings is 1. The third-order valence-electron chi connectivity index (χ3n) is 3.27. The van der Waals surface area contributed by atoms with Crippen LogP contribution in [0.25, 0.3) is 11.3 Å². The van der Waals surface area contributed by atoms with Crippen molar-refractivity contribution in [3.8, 4) is 11.3 Å². The number of nitrogen functional groups attached to an aromatic ring is 1. The van der Waals surface area contributed by atoms with Gasteiger partial charge in [0.15, 0.2) is 0 Å². The summed E-state index contributed by atoms with van der Waals surface area (Å²) in [6.07, 6.45) is 2.17. The zero-order valence-electron chi connectivity index (χ0n) is 10.1. The van der Waals surface area contributed by atoms with Crippen LogP contribution in [0.5, 0.6) is 0 Å². The minimum absolute atomic E-state index is 0.568. The number of aromatic nitrogens is 1. The summed E-state index contributed by atoms with van der Waals surface area (Å²) in [5.74, 6) is 0.568. The zero-order valence-corrected chi connectivity index (χ0v) is 11.0. The Morgan fingerprint density at radius 3 is 2.89 bits per heavy atom. The Bertz CT molecular complexity index is 532. The molecule has 3 rings (SSSR count). The Morgan fingerprint density at radius 2 is 2.11 bits per heavy atom.